The lowest BCUT2D eigenvalue weighted by molar-refractivity contribution is -0.139. The zero-order chi connectivity index (χ0) is 28.1. The number of carboxylic acid groups (broad SMARTS) is 1. The Kier molecular flexibility index (Phi) is 9.57. The minimum atomic E-state index is -0.986. The first-order valence-electron chi connectivity index (χ1n) is 15.4. The summed E-state index contributed by atoms with van der Waals surface area (Å²) in [5, 5.41) is 12.5. The number of benzene rings is 2. The van der Waals surface area contributed by atoms with E-state index in [1.807, 2.05) is 24.5 Å². The Morgan fingerprint density at radius 3 is 2.40 bits per heavy atom. The number of carbonyl (C=O) groups is 2. The topological polar surface area (TPSA) is 69.6 Å². The van der Waals surface area contributed by atoms with Gasteiger partial charge in [0.15, 0.2) is 0 Å². The average molecular weight is 563 g/mol. The number of thioether (sulfide) groups is 1. The quantitative estimate of drug-likeness (QED) is 0.265. The molecule has 1 atom stereocenters. The summed E-state index contributed by atoms with van der Waals surface area (Å²) in [5.74, 6) is 0.253. The smallest absolute Gasteiger partial charge is 0.326 e. The zero-order valence-corrected chi connectivity index (χ0v) is 25.1. The molecule has 6 heteroatoms. The van der Waals surface area contributed by atoms with Crippen LogP contribution in [0, 0.1) is 12.8 Å². The second kappa shape index (κ2) is 13.1. The van der Waals surface area contributed by atoms with E-state index in [0.29, 0.717) is 29.3 Å². The van der Waals surface area contributed by atoms with Gasteiger partial charge in [-0.1, -0.05) is 62.4 Å². The molecule has 3 saturated carbocycles. The molecule has 5 nitrogen and oxygen atoms in total. The maximum absolute atomic E-state index is 13.5. The van der Waals surface area contributed by atoms with Gasteiger partial charge in [0.05, 0.1) is 0 Å². The number of nitrogens with zero attached hydrogens (tertiary/aromatic N) is 1. The van der Waals surface area contributed by atoms with Crippen LogP contribution >= 0.6 is 11.8 Å². The second-order valence-electron chi connectivity index (χ2n) is 12.5. The van der Waals surface area contributed by atoms with Gasteiger partial charge in [0, 0.05) is 23.7 Å². The molecule has 1 amide bonds. The minimum absolute atomic E-state index is 0.315. The third-order valence-corrected chi connectivity index (χ3v) is 10.2. The van der Waals surface area contributed by atoms with E-state index in [1.165, 1.54) is 76.2 Å². The highest BCUT2D eigenvalue weighted by Crippen LogP contribution is 2.50. The van der Waals surface area contributed by atoms with Crippen molar-refractivity contribution in [3.8, 4) is 11.1 Å². The largest absolute Gasteiger partial charge is 0.480 e. The van der Waals surface area contributed by atoms with Crippen LogP contribution < -0.4 is 5.32 Å². The van der Waals surface area contributed by atoms with Crippen molar-refractivity contribution in [2.75, 3.05) is 12.0 Å². The van der Waals surface area contributed by atoms with Crippen LogP contribution in [0.15, 0.2) is 42.5 Å². The van der Waals surface area contributed by atoms with Crippen molar-refractivity contribution in [2.24, 2.45) is 5.92 Å². The van der Waals surface area contributed by atoms with Gasteiger partial charge in [-0.3, -0.25) is 9.69 Å². The summed E-state index contributed by atoms with van der Waals surface area (Å²) in [6.45, 7) is 3.00. The molecule has 0 saturated heterocycles. The molecule has 3 fully saturated rings. The second-order valence-corrected chi connectivity index (χ2v) is 13.5. The molecule has 0 heterocycles. The van der Waals surface area contributed by atoms with Crippen molar-refractivity contribution >= 4 is 23.6 Å². The Hall–Kier alpha value is -2.31. The van der Waals surface area contributed by atoms with E-state index in [1.54, 1.807) is 11.8 Å². The van der Waals surface area contributed by atoms with E-state index >= 15 is 0 Å². The van der Waals surface area contributed by atoms with Crippen molar-refractivity contribution in [1.29, 1.82) is 0 Å². The van der Waals surface area contributed by atoms with Crippen molar-refractivity contribution in [3.05, 3.63) is 59.2 Å². The van der Waals surface area contributed by atoms with Crippen molar-refractivity contribution < 1.29 is 14.7 Å². The summed E-state index contributed by atoms with van der Waals surface area (Å²) in [7, 11) is 0. The van der Waals surface area contributed by atoms with Crippen molar-refractivity contribution in [1.82, 2.24) is 10.2 Å². The molecule has 5 rings (SSSR count). The maximum atomic E-state index is 13.5. The normalized spacial score (nSPS) is 19.7. The third-order valence-electron chi connectivity index (χ3n) is 9.61. The van der Waals surface area contributed by atoms with Crippen LogP contribution in [-0.4, -0.2) is 51.5 Å². The minimum Gasteiger partial charge on any atom is -0.480 e. The number of hydrogen-bond donors (Lipinski definition) is 2. The number of carboxylic acids is 1. The van der Waals surface area contributed by atoms with Crippen LogP contribution in [-0.2, 0) is 11.3 Å². The Bertz CT molecular complexity index is 1180. The molecule has 0 bridgehead atoms. The van der Waals surface area contributed by atoms with Gasteiger partial charge in [-0.25, -0.2) is 4.79 Å². The van der Waals surface area contributed by atoms with E-state index in [9.17, 15) is 14.7 Å². The molecule has 2 aromatic rings. The van der Waals surface area contributed by atoms with Crippen LogP contribution in [0.25, 0.3) is 11.1 Å². The molecule has 0 radical (unpaired) electrons. The number of amides is 1. The Morgan fingerprint density at radius 2 is 1.77 bits per heavy atom. The number of rotatable bonds is 13. The summed E-state index contributed by atoms with van der Waals surface area (Å²) in [6, 6.07) is 14.2. The van der Waals surface area contributed by atoms with Crippen molar-refractivity contribution in [2.45, 2.75) is 108 Å². The molecular weight excluding hydrogens is 516 g/mol. The Balaban J connectivity index is 1.43. The Morgan fingerprint density at radius 1 is 1.02 bits per heavy atom. The maximum Gasteiger partial charge on any atom is 0.326 e. The van der Waals surface area contributed by atoms with Crippen LogP contribution in [0.5, 0.6) is 0 Å². The number of aliphatic carboxylic acids is 1. The standard InChI is InChI=1S/C34H46N2O3S/c1-24-9-6-7-12-28(24)30-21-26(13-16-29(30)32(37)35-31(33(38)39)17-20-40-2)23-36(27-14-15-27)34(18-8-19-34)22-25-10-4-3-5-11-25/h6-7,9,12-13,16,21,25,27,31H,3-5,8,10-11,14-15,17-20,22-23H2,1-2H3,(H,35,37)(H,38,39)/t31-/m0/s1. The van der Waals surface area contributed by atoms with E-state index < -0.39 is 12.0 Å². The van der Waals surface area contributed by atoms with Gasteiger partial charge in [-0.2, -0.15) is 11.8 Å². The number of nitrogens with one attached hydrogen (secondary N) is 1. The van der Waals surface area contributed by atoms with Crippen LogP contribution in [0.4, 0.5) is 0 Å². The van der Waals surface area contributed by atoms with Gasteiger partial charge in [0.25, 0.3) is 5.91 Å². The highest BCUT2D eigenvalue weighted by molar-refractivity contribution is 7.98. The molecule has 2 N–H and O–H groups in total. The van der Waals surface area contributed by atoms with E-state index in [0.717, 1.165) is 29.2 Å². The molecule has 2 aromatic carbocycles. The fourth-order valence-electron chi connectivity index (χ4n) is 7.10. The molecule has 0 aromatic heterocycles. The van der Waals surface area contributed by atoms with Gasteiger partial charge < -0.3 is 10.4 Å². The first kappa shape index (κ1) is 29.2. The summed E-state index contributed by atoms with van der Waals surface area (Å²) in [4.78, 5) is 28.2. The van der Waals surface area contributed by atoms with Crippen molar-refractivity contribution in [3.63, 3.8) is 0 Å². The van der Waals surface area contributed by atoms with E-state index in [-0.39, 0.29) is 5.91 Å². The van der Waals surface area contributed by atoms with Gasteiger partial charge >= 0.3 is 5.97 Å². The number of hydrogen-bond acceptors (Lipinski definition) is 4. The third kappa shape index (κ3) is 6.76. The predicted molar refractivity (Wildman–Crippen MR) is 165 cm³/mol. The van der Waals surface area contributed by atoms with Gasteiger partial charge in [0.2, 0.25) is 0 Å². The molecule has 0 spiro atoms. The van der Waals surface area contributed by atoms with Crippen LogP contribution in [0.1, 0.15) is 98.5 Å². The van der Waals surface area contributed by atoms with Crippen LogP contribution in [0.2, 0.25) is 0 Å². The monoisotopic (exact) mass is 562 g/mol. The van der Waals surface area contributed by atoms with Crippen LogP contribution in [0.3, 0.4) is 0 Å². The fourth-order valence-corrected chi connectivity index (χ4v) is 7.58. The zero-order valence-electron chi connectivity index (χ0n) is 24.3. The highest BCUT2D eigenvalue weighted by atomic mass is 32.2. The molecule has 3 aliphatic carbocycles. The fraction of sp³-hybridized carbons (Fsp3) is 0.588. The lowest BCUT2D eigenvalue weighted by atomic mass is 9.67. The lowest BCUT2D eigenvalue weighted by Gasteiger charge is -2.53. The predicted octanol–water partition coefficient (Wildman–Crippen LogP) is 7.46. The van der Waals surface area contributed by atoms with Gasteiger partial charge in [-0.05, 0) is 104 Å². The molecule has 3 aliphatic rings. The summed E-state index contributed by atoms with van der Waals surface area (Å²) in [6.07, 6.45) is 17.3. The highest BCUT2D eigenvalue weighted by Gasteiger charge is 2.48. The average Bonchev–Trinajstić information content (AvgIpc) is 3.78. The molecule has 0 unspecified atom stereocenters. The summed E-state index contributed by atoms with van der Waals surface area (Å²) >= 11 is 1.59. The van der Waals surface area contributed by atoms with Gasteiger partial charge in [-0.15, -0.1) is 0 Å². The lowest BCUT2D eigenvalue weighted by Crippen LogP contribution is -2.55. The number of carbonyl (C=O) groups excluding carboxylic acids is 1. The molecule has 0 aliphatic heterocycles. The van der Waals surface area contributed by atoms with Gasteiger partial charge in [0.1, 0.15) is 6.04 Å². The number of aryl methyl sites for hydroxylation is 1. The SMILES string of the molecule is CSCC[C@H](NC(=O)c1ccc(CN(C2CC2)C2(CC3CCCCC3)CCC2)cc1-c1ccccc1C)C(=O)O. The molecular formula is C34H46N2O3S. The summed E-state index contributed by atoms with van der Waals surface area (Å²) in [5.41, 5.74) is 5.17. The first-order chi connectivity index (χ1) is 19.4. The molecule has 40 heavy (non-hydrogen) atoms. The van der Waals surface area contributed by atoms with E-state index in [4.69, 9.17) is 0 Å². The summed E-state index contributed by atoms with van der Waals surface area (Å²) < 4.78 is 0. The van der Waals surface area contributed by atoms with E-state index in [2.05, 4.69) is 41.4 Å². The Labute approximate surface area is 244 Å². The first-order valence-corrected chi connectivity index (χ1v) is 16.8. The molecule has 216 valence electrons.